The number of carbonyl (C=O) groups is 1. The van der Waals surface area contributed by atoms with Crippen LogP contribution in [0.3, 0.4) is 0 Å². The van der Waals surface area contributed by atoms with Crippen LogP contribution in [0, 0.1) is 12.8 Å². The molecule has 98 valence electrons. The van der Waals surface area contributed by atoms with E-state index in [9.17, 15) is 4.79 Å². The summed E-state index contributed by atoms with van der Waals surface area (Å²) < 4.78 is 0. The van der Waals surface area contributed by atoms with Gasteiger partial charge in [-0.1, -0.05) is 37.5 Å². The van der Waals surface area contributed by atoms with Crippen LogP contribution in [0.4, 0.5) is 0 Å². The van der Waals surface area contributed by atoms with Gasteiger partial charge in [0.15, 0.2) is 0 Å². The zero-order valence-corrected chi connectivity index (χ0v) is 11.6. The molecule has 1 aromatic carbocycles. The Balaban J connectivity index is 2.13. The summed E-state index contributed by atoms with van der Waals surface area (Å²) >= 11 is 0. The summed E-state index contributed by atoms with van der Waals surface area (Å²) in [4.78, 5) is 14.4. The smallest absolute Gasteiger partial charge is 0.253 e. The molecule has 0 bridgehead atoms. The van der Waals surface area contributed by atoms with E-state index in [4.69, 9.17) is 0 Å². The number of benzene rings is 1. The van der Waals surface area contributed by atoms with Crippen molar-refractivity contribution in [3.05, 3.63) is 35.4 Å². The van der Waals surface area contributed by atoms with Gasteiger partial charge in [0.1, 0.15) is 0 Å². The van der Waals surface area contributed by atoms with Crippen LogP contribution in [-0.4, -0.2) is 23.9 Å². The Morgan fingerprint density at radius 2 is 2.00 bits per heavy atom. The van der Waals surface area contributed by atoms with Gasteiger partial charge in [-0.3, -0.25) is 4.79 Å². The van der Waals surface area contributed by atoms with Gasteiger partial charge in [-0.2, -0.15) is 0 Å². The van der Waals surface area contributed by atoms with Crippen LogP contribution < -0.4 is 0 Å². The van der Waals surface area contributed by atoms with Crippen molar-refractivity contribution in [2.24, 2.45) is 5.92 Å². The highest BCUT2D eigenvalue weighted by Gasteiger charge is 2.28. The number of carbonyl (C=O) groups excluding carboxylic acids is 1. The summed E-state index contributed by atoms with van der Waals surface area (Å²) in [5.41, 5.74) is 1.96. The molecular weight excluding hydrogens is 222 g/mol. The lowest BCUT2D eigenvalue weighted by Crippen LogP contribution is -2.42. The van der Waals surface area contributed by atoms with Crippen LogP contribution in [0.1, 0.15) is 48.5 Å². The second-order valence-corrected chi connectivity index (χ2v) is 5.61. The van der Waals surface area contributed by atoms with Crippen LogP contribution in [0.25, 0.3) is 0 Å². The third kappa shape index (κ3) is 2.74. The topological polar surface area (TPSA) is 20.3 Å². The SMILES string of the molecule is Cc1cccc(C(=O)N(C)C2CCCCC2C)c1. The zero-order valence-electron chi connectivity index (χ0n) is 11.6. The predicted octanol–water partition coefficient (Wildman–Crippen LogP) is 3.65. The van der Waals surface area contributed by atoms with Gasteiger partial charge < -0.3 is 4.90 Å². The molecule has 0 saturated heterocycles. The Bertz CT molecular complexity index is 427. The Labute approximate surface area is 110 Å². The van der Waals surface area contributed by atoms with Gasteiger partial charge in [-0.15, -0.1) is 0 Å². The normalized spacial score (nSPS) is 23.7. The zero-order chi connectivity index (χ0) is 13.1. The molecule has 0 heterocycles. The molecule has 2 unspecified atom stereocenters. The van der Waals surface area contributed by atoms with Crippen LogP contribution in [0.2, 0.25) is 0 Å². The van der Waals surface area contributed by atoms with E-state index in [0.29, 0.717) is 12.0 Å². The molecular formula is C16H23NO. The molecule has 1 saturated carbocycles. The first-order valence-electron chi connectivity index (χ1n) is 6.93. The van der Waals surface area contributed by atoms with Crippen molar-refractivity contribution >= 4 is 5.91 Å². The Morgan fingerprint density at radius 3 is 2.67 bits per heavy atom. The van der Waals surface area contributed by atoms with Gasteiger partial charge in [0, 0.05) is 18.7 Å². The molecule has 1 aliphatic rings. The first kappa shape index (κ1) is 13.1. The molecule has 2 rings (SSSR count). The van der Waals surface area contributed by atoms with Gasteiger partial charge in [0.25, 0.3) is 5.91 Å². The third-order valence-electron chi connectivity index (χ3n) is 4.15. The van der Waals surface area contributed by atoms with Crippen LogP contribution >= 0.6 is 0 Å². The number of hydrogen-bond acceptors (Lipinski definition) is 1. The van der Waals surface area contributed by atoms with E-state index < -0.39 is 0 Å². The largest absolute Gasteiger partial charge is 0.338 e. The fourth-order valence-corrected chi connectivity index (χ4v) is 3.00. The van der Waals surface area contributed by atoms with Gasteiger partial charge in [0.05, 0.1) is 0 Å². The molecule has 1 fully saturated rings. The molecule has 1 aliphatic carbocycles. The number of amides is 1. The molecule has 0 aromatic heterocycles. The van der Waals surface area contributed by atoms with Crippen molar-refractivity contribution in [1.29, 1.82) is 0 Å². The molecule has 1 aromatic rings. The van der Waals surface area contributed by atoms with E-state index in [-0.39, 0.29) is 5.91 Å². The molecule has 0 radical (unpaired) electrons. The maximum Gasteiger partial charge on any atom is 0.253 e. The van der Waals surface area contributed by atoms with Crippen molar-refractivity contribution in [3.63, 3.8) is 0 Å². The maximum absolute atomic E-state index is 12.5. The van der Waals surface area contributed by atoms with Gasteiger partial charge >= 0.3 is 0 Å². The highest BCUT2D eigenvalue weighted by atomic mass is 16.2. The quantitative estimate of drug-likeness (QED) is 0.779. The van der Waals surface area contributed by atoms with E-state index in [1.54, 1.807) is 0 Å². The van der Waals surface area contributed by atoms with Crippen LogP contribution in [0.15, 0.2) is 24.3 Å². The van der Waals surface area contributed by atoms with Crippen LogP contribution in [-0.2, 0) is 0 Å². The number of rotatable bonds is 2. The lowest BCUT2D eigenvalue weighted by Gasteiger charge is -2.36. The number of aryl methyl sites for hydroxylation is 1. The first-order chi connectivity index (χ1) is 8.59. The number of hydrogen-bond donors (Lipinski definition) is 0. The lowest BCUT2D eigenvalue weighted by molar-refractivity contribution is 0.0629. The van der Waals surface area contributed by atoms with Gasteiger partial charge in [-0.25, -0.2) is 0 Å². The van der Waals surface area contributed by atoms with E-state index in [1.165, 1.54) is 19.3 Å². The standard InChI is InChI=1S/C16H23NO/c1-12-7-6-9-14(11-12)16(18)17(3)15-10-5-4-8-13(15)2/h6-7,9,11,13,15H,4-5,8,10H2,1-3H3. The molecule has 2 atom stereocenters. The third-order valence-corrected chi connectivity index (χ3v) is 4.15. The van der Waals surface area contributed by atoms with Crippen molar-refractivity contribution in [2.45, 2.75) is 45.6 Å². The molecule has 0 aliphatic heterocycles. The summed E-state index contributed by atoms with van der Waals surface area (Å²) in [6.07, 6.45) is 4.95. The molecule has 1 amide bonds. The molecule has 0 N–H and O–H groups in total. The summed E-state index contributed by atoms with van der Waals surface area (Å²) in [6, 6.07) is 8.29. The second-order valence-electron chi connectivity index (χ2n) is 5.61. The highest BCUT2D eigenvalue weighted by molar-refractivity contribution is 5.94. The van der Waals surface area contributed by atoms with Gasteiger partial charge in [0.2, 0.25) is 0 Å². The summed E-state index contributed by atoms with van der Waals surface area (Å²) in [7, 11) is 1.96. The maximum atomic E-state index is 12.5. The summed E-state index contributed by atoms with van der Waals surface area (Å²) in [5, 5.41) is 0. The van der Waals surface area contributed by atoms with E-state index in [0.717, 1.165) is 17.5 Å². The molecule has 2 nitrogen and oxygen atoms in total. The first-order valence-corrected chi connectivity index (χ1v) is 6.93. The predicted molar refractivity (Wildman–Crippen MR) is 74.7 cm³/mol. The van der Waals surface area contributed by atoms with Crippen molar-refractivity contribution in [2.75, 3.05) is 7.05 Å². The fourth-order valence-electron chi connectivity index (χ4n) is 3.00. The Hall–Kier alpha value is -1.31. The van der Waals surface area contributed by atoms with Crippen molar-refractivity contribution in [3.8, 4) is 0 Å². The average Bonchev–Trinajstić information content (AvgIpc) is 2.37. The van der Waals surface area contributed by atoms with Crippen molar-refractivity contribution in [1.82, 2.24) is 4.90 Å². The second kappa shape index (κ2) is 5.55. The summed E-state index contributed by atoms with van der Waals surface area (Å²) in [6.45, 7) is 4.30. The van der Waals surface area contributed by atoms with E-state index in [2.05, 4.69) is 6.92 Å². The fraction of sp³-hybridized carbons (Fsp3) is 0.562. The lowest BCUT2D eigenvalue weighted by atomic mass is 9.85. The minimum atomic E-state index is 0.164. The van der Waals surface area contributed by atoms with E-state index >= 15 is 0 Å². The van der Waals surface area contributed by atoms with Gasteiger partial charge in [-0.05, 0) is 37.8 Å². The molecule has 18 heavy (non-hydrogen) atoms. The van der Waals surface area contributed by atoms with Crippen LogP contribution in [0.5, 0.6) is 0 Å². The highest BCUT2D eigenvalue weighted by Crippen LogP contribution is 2.28. The molecule has 0 spiro atoms. The Kier molecular flexibility index (Phi) is 4.05. The molecule has 2 heteroatoms. The minimum absolute atomic E-state index is 0.164. The monoisotopic (exact) mass is 245 g/mol. The average molecular weight is 245 g/mol. The Morgan fingerprint density at radius 1 is 1.28 bits per heavy atom. The minimum Gasteiger partial charge on any atom is -0.338 e. The van der Waals surface area contributed by atoms with E-state index in [1.807, 2.05) is 43.1 Å². The summed E-state index contributed by atoms with van der Waals surface area (Å²) in [5.74, 6) is 0.787. The number of nitrogens with zero attached hydrogens (tertiary/aromatic N) is 1. The van der Waals surface area contributed by atoms with Crippen molar-refractivity contribution < 1.29 is 4.79 Å².